The van der Waals surface area contributed by atoms with Gasteiger partial charge in [0.25, 0.3) is 5.91 Å². The predicted molar refractivity (Wildman–Crippen MR) is 94.8 cm³/mol. The number of amides is 3. The van der Waals surface area contributed by atoms with E-state index < -0.39 is 11.6 Å². The molecule has 0 atom stereocenters. The summed E-state index contributed by atoms with van der Waals surface area (Å²) < 4.78 is 0.959. The van der Waals surface area contributed by atoms with Gasteiger partial charge in [0, 0.05) is 27.1 Å². The highest BCUT2D eigenvalue weighted by molar-refractivity contribution is 9.10. The molecule has 1 aliphatic carbocycles. The van der Waals surface area contributed by atoms with Crippen molar-refractivity contribution < 1.29 is 9.59 Å². The number of benzene rings is 1. The monoisotopic (exact) mass is 388 g/mol. The van der Waals surface area contributed by atoms with Crippen molar-refractivity contribution in [1.29, 1.82) is 0 Å². The zero-order valence-electron chi connectivity index (χ0n) is 13.0. The van der Waals surface area contributed by atoms with Gasteiger partial charge in [-0.3, -0.25) is 4.79 Å². The number of halogens is 1. The molecule has 2 aromatic rings. The van der Waals surface area contributed by atoms with E-state index in [4.69, 9.17) is 0 Å². The van der Waals surface area contributed by atoms with E-state index in [9.17, 15) is 9.59 Å². The van der Waals surface area contributed by atoms with Gasteiger partial charge in [-0.05, 0) is 31.0 Å². The lowest BCUT2D eigenvalue weighted by molar-refractivity contribution is -0.132. The molecule has 1 aromatic carbocycles. The molecule has 1 saturated carbocycles. The number of carbonyl (C=O) groups is 2. The lowest BCUT2D eigenvalue weighted by Crippen LogP contribution is -2.48. The molecule has 1 aliphatic heterocycles. The average Bonchev–Trinajstić information content (AvgIpc) is 3.06. The molecule has 1 spiro atoms. The lowest BCUT2D eigenvalue weighted by Gasteiger charge is -2.29. The predicted octanol–water partition coefficient (Wildman–Crippen LogP) is 3.52. The molecule has 2 aliphatic rings. The maximum absolute atomic E-state index is 12.7. The number of imide groups is 1. The number of rotatable bonds is 2. The number of hydrogen-bond acceptors (Lipinski definition) is 3. The number of aromatic amines is 1. The molecule has 6 nitrogen and oxygen atoms in total. The Balaban J connectivity index is 1.62. The van der Waals surface area contributed by atoms with Crippen molar-refractivity contribution in [3.05, 3.63) is 34.4 Å². The average molecular weight is 389 g/mol. The number of hydrogen-bond donors (Lipinski definition) is 2. The highest BCUT2D eigenvalue weighted by Crippen LogP contribution is 2.33. The third kappa shape index (κ3) is 2.43. The fourth-order valence-electron chi connectivity index (χ4n) is 3.55. The summed E-state index contributed by atoms with van der Waals surface area (Å²) in [5.41, 5.74) is 1.06. The molecule has 2 N–H and O–H groups in total. The van der Waals surface area contributed by atoms with Crippen LogP contribution in [0.4, 0.5) is 4.79 Å². The number of urea groups is 1. The standard InChI is InChI=1S/C17H17BrN4O2/c18-12-4-5-14-13(8-12)11(9-19-14)10-20-22-15(23)17(21-16(22)24)6-2-1-3-7-17/h4-5,8-10,19H,1-3,6-7H2,(H,21,24)/b20-10+. The lowest BCUT2D eigenvalue weighted by atomic mass is 9.82. The Labute approximate surface area is 147 Å². The van der Waals surface area contributed by atoms with E-state index in [2.05, 4.69) is 31.3 Å². The van der Waals surface area contributed by atoms with Gasteiger partial charge in [-0.2, -0.15) is 5.10 Å². The smallest absolute Gasteiger partial charge is 0.346 e. The number of aromatic nitrogens is 1. The second-order valence-electron chi connectivity index (χ2n) is 6.37. The third-order valence-electron chi connectivity index (χ3n) is 4.84. The minimum atomic E-state index is -0.740. The van der Waals surface area contributed by atoms with Crippen molar-refractivity contribution >= 4 is 45.0 Å². The van der Waals surface area contributed by atoms with Gasteiger partial charge in [0.15, 0.2) is 0 Å². The van der Waals surface area contributed by atoms with Gasteiger partial charge in [0.1, 0.15) is 5.54 Å². The summed E-state index contributed by atoms with van der Waals surface area (Å²) in [5, 5.41) is 8.98. The second-order valence-corrected chi connectivity index (χ2v) is 7.28. The quantitative estimate of drug-likeness (QED) is 0.609. The van der Waals surface area contributed by atoms with Crippen molar-refractivity contribution in [2.45, 2.75) is 37.6 Å². The molecule has 3 amide bonds. The molecule has 2 fully saturated rings. The summed E-state index contributed by atoms with van der Waals surface area (Å²) in [6, 6.07) is 5.45. The van der Waals surface area contributed by atoms with Crippen LogP contribution in [-0.4, -0.2) is 33.7 Å². The SMILES string of the molecule is O=C1NC2(CCCCC2)C(=O)N1/N=C/c1c[nH]c2ccc(Br)cc12. The number of hydrazone groups is 1. The van der Waals surface area contributed by atoms with Crippen LogP contribution in [0.1, 0.15) is 37.7 Å². The largest absolute Gasteiger partial charge is 0.361 e. The van der Waals surface area contributed by atoms with Crippen molar-refractivity contribution in [2.75, 3.05) is 0 Å². The van der Waals surface area contributed by atoms with Crippen LogP contribution >= 0.6 is 15.9 Å². The van der Waals surface area contributed by atoms with Crippen LogP contribution in [0.2, 0.25) is 0 Å². The number of H-pyrrole nitrogens is 1. The van der Waals surface area contributed by atoms with Crippen molar-refractivity contribution in [3.8, 4) is 0 Å². The van der Waals surface area contributed by atoms with Gasteiger partial charge in [0.05, 0.1) is 6.21 Å². The Kier molecular flexibility index (Phi) is 3.68. The maximum atomic E-state index is 12.7. The van der Waals surface area contributed by atoms with Crippen LogP contribution in [-0.2, 0) is 4.79 Å². The van der Waals surface area contributed by atoms with Gasteiger partial charge in [-0.15, -0.1) is 5.01 Å². The van der Waals surface area contributed by atoms with Gasteiger partial charge in [-0.1, -0.05) is 35.2 Å². The summed E-state index contributed by atoms with van der Waals surface area (Å²) >= 11 is 3.45. The van der Waals surface area contributed by atoms with Crippen molar-refractivity contribution in [3.63, 3.8) is 0 Å². The summed E-state index contributed by atoms with van der Waals surface area (Å²) in [4.78, 5) is 28.0. The zero-order chi connectivity index (χ0) is 16.7. The first-order valence-corrected chi connectivity index (χ1v) is 8.86. The van der Waals surface area contributed by atoms with Crippen LogP contribution in [0.25, 0.3) is 10.9 Å². The Morgan fingerprint density at radius 3 is 2.79 bits per heavy atom. The molecule has 24 heavy (non-hydrogen) atoms. The molecule has 0 unspecified atom stereocenters. The number of nitrogens with one attached hydrogen (secondary N) is 2. The molecule has 1 saturated heterocycles. The van der Waals surface area contributed by atoms with E-state index in [0.29, 0.717) is 12.8 Å². The minimum Gasteiger partial charge on any atom is -0.361 e. The summed E-state index contributed by atoms with van der Waals surface area (Å²) in [5.74, 6) is -0.232. The van der Waals surface area contributed by atoms with Crippen LogP contribution in [0.15, 0.2) is 34.0 Å². The molecule has 0 bridgehead atoms. The normalized spacial score (nSPS) is 20.5. The van der Waals surface area contributed by atoms with E-state index in [0.717, 1.165) is 45.2 Å². The molecule has 7 heteroatoms. The Morgan fingerprint density at radius 1 is 1.21 bits per heavy atom. The molecule has 4 rings (SSSR count). The summed E-state index contributed by atoms with van der Waals surface area (Å²) in [6.07, 6.45) is 7.80. The number of fused-ring (bicyclic) bond motifs is 1. The molecular weight excluding hydrogens is 372 g/mol. The minimum absolute atomic E-state index is 0.232. The van der Waals surface area contributed by atoms with E-state index in [1.54, 1.807) is 6.21 Å². The van der Waals surface area contributed by atoms with Crippen LogP contribution in [0, 0.1) is 0 Å². The van der Waals surface area contributed by atoms with E-state index in [1.807, 2.05) is 24.4 Å². The zero-order valence-corrected chi connectivity index (χ0v) is 14.6. The van der Waals surface area contributed by atoms with Crippen LogP contribution in [0.5, 0.6) is 0 Å². The van der Waals surface area contributed by atoms with Gasteiger partial charge >= 0.3 is 6.03 Å². The first-order valence-electron chi connectivity index (χ1n) is 8.06. The number of carbonyl (C=O) groups excluding carboxylic acids is 2. The Bertz CT molecular complexity index is 851. The first kappa shape index (κ1) is 15.4. The fourth-order valence-corrected chi connectivity index (χ4v) is 3.91. The molecule has 0 radical (unpaired) electrons. The molecule has 2 heterocycles. The highest BCUT2D eigenvalue weighted by Gasteiger charge is 2.51. The third-order valence-corrected chi connectivity index (χ3v) is 5.33. The summed E-state index contributed by atoms with van der Waals surface area (Å²) in [7, 11) is 0. The number of nitrogens with zero attached hydrogens (tertiary/aromatic N) is 2. The van der Waals surface area contributed by atoms with Crippen LogP contribution < -0.4 is 5.32 Å². The molecule has 1 aromatic heterocycles. The first-order chi connectivity index (χ1) is 11.6. The van der Waals surface area contributed by atoms with Gasteiger partial charge in [-0.25, -0.2) is 4.79 Å². The van der Waals surface area contributed by atoms with Gasteiger partial charge < -0.3 is 10.3 Å². The summed E-state index contributed by atoms with van der Waals surface area (Å²) in [6.45, 7) is 0. The maximum Gasteiger partial charge on any atom is 0.346 e. The van der Waals surface area contributed by atoms with Crippen LogP contribution in [0.3, 0.4) is 0 Å². The fraction of sp³-hybridized carbons (Fsp3) is 0.353. The highest BCUT2D eigenvalue weighted by atomic mass is 79.9. The van der Waals surface area contributed by atoms with Crippen molar-refractivity contribution in [1.82, 2.24) is 15.3 Å². The molecule has 124 valence electrons. The Hall–Kier alpha value is -2.15. The second kappa shape index (κ2) is 5.73. The van der Waals surface area contributed by atoms with E-state index >= 15 is 0 Å². The van der Waals surface area contributed by atoms with E-state index in [-0.39, 0.29) is 5.91 Å². The van der Waals surface area contributed by atoms with Crippen molar-refractivity contribution in [2.24, 2.45) is 5.10 Å². The van der Waals surface area contributed by atoms with E-state index in [1.165, 1.54) is 0 Å². The topological polar surface area (TPSA) is 77.6 Å². The van der Waals surface area contributed by atoms with Gasteiger partial charge in [0.2, 0.25) is 0 Å². The Morgan fingerprint density at radius 2 is 2.00 bits per heavy atom. The molecular formula is C17H17BrN4O2.